The average molecular weight is 285 g/mol. The number of methoxy groups -OCH3 is 1. The van der Waals surface area contributed by atoms with Crippen LogP contribution in [0.2, 0.25) is 0 Å². The Hall–Kier alpha value is -2.16. The van der Waals surface area contributed by atoms with Gasteiger partial charge in [0.2, 0.25) is 0 Å². The lowest BCUT2D eigenvalue weighted by atomic mass is 10.1. The van der Waals surface area contributed by atoms with Gasteiger partial charge in [0, 0.05) is 12.7 Å². The molecule has 0 saturated carbocycles. The zero-order chi connectivity index (χ0) is 15.4. The van der Waals surface area contributed by atoms with E-state index in [0.29, 0.717) is 6.61 Å². The topological polar surface area (TPSA) is 30.5 Å². The summed E-state index contributed by atoms with van der Waals surface area (Å²) >= 11 is 0. The van der Waals surface area contributed by atoms with Crippen LogP contribution < -0.4 is 14.8 Å². The predicted octanol–water partition coefficient (Wildman–Crippen LogP) is 4.24. The van der Waals surface area contributed by atoms with Crippen molar-refractivity contribution in [1.29, 1.82) is 0 Å². The molecule has 2 aromatic carbocycles. The van der Waals surface area contributed by atoms with E-state index in [1.54, 1.807) is 7.11 Å². The molecule has 2 aromatic rings. The van der Waals surface area contributed by atoms with E-state index in [2.05, 4.69) is 38.2 Å². The van der Waals surface area contributed by atoms with Gasteiger partial charge in [-0.1, -0.05) is 12.1 Å². The van der Waals surface area contributed by atoms with Gasteiger partial charge in [0.15, 0.2) is 0 Å². The zero-order valence-electron chi connectivity index (χ0n) is 13.4. The predicted molar refractivity (Wildman–Crippen MR) is 87.5 cm³/mol. The molecule has 0 saturated heterocycles. The summed E-state index contributed by atoms with van der Waals surface area (Å²) in [6, 6.07) is 10.2. The van der Waals surface area contributed by atoms with Gasteiger partial charge in [-0.2, -0.15) is 0 Å². The third-order valence-electron chi connectivity index (χ3n) is 3.79. The Kier molecular flexibility index (Phi) is 4.73. The molecule has 2 rings (SSSR count). The Labute approximate surface area is 126 Å². The van der Waals surface area contributed by atoms with Crippen molar-refractivity contribution >= 4 is 5.69 Å². The van der Waals surface area contributed by atoms with Crippen LogP contribution in [0.4, 0.5) is 5.69 Å². The number of nitrogens with one attached hydrogen (secondary N) is 1. The van der Waals surface area contributed by atoms with E-state index in [0.717, 1.165) is 28.3 Å². The number of aryl methyl sites for hydroxylation is 3. The molecule has 112 valence electrons. The molecule has 0 heterocycles. The Morgan fingerprint density at radius 3 is 2.33 bits per heavy atom. The van der Waals surface area contributed by atoms with Crippen LogP contribution in [0.5, 0.6) is 11.5 Å². The molecule has 0 aliphatic rings. The lowest BCUT2D eigenvalue weighted by molar-refractivity contribution is 0.295. The lowest BCUT2D eigenvalue weighted by Crippen LogP contribution is -2.04. The smallest absolute Gasteiger partial charge is 0.127 e. The fraction of sp³-hybridized carbons (Fsp3) is 0.333. The van der Waals surface area contributed by atoms with E-state index in [1.807, 2.05) is 25.2 Å². The highest BCUT2D eigenvalue weighted by Gasteiger charge is 2.10. The molecule has 0 bridgehead atoms. The molecule has 0 spiro atoms. The van der Waals surface area contributed by atoms with Crippen molar-refractivity contribution in [2.75, 3.05) is 19.5 Å². The largest absolute Gasteiger partial charge is 0.496 e. The molecule has 0 amide bonds. The molecule has 0 fully saturated rings. The number of ether oxygens (including phenoxy) is 2. The first-order chi connectivity index (χ1) is 10.1. The van der Waals surface area contributed by atoms with Gasteiger partial charge in [-0.3, -0.25) is 0 Å². The molecule has 0 radical (unpaired) electrons. The number of anilines is 1. The fourth-order valence-corrected chi connectivity index (χ4v) is 2.38. The van der Waals surface area contributed by atoms with Crippen LogP contribution in [0.1, 0.15) is 22.3 Å². The summed E-state index contributed by atoms with van der Waals surface area (Å²) in [4.78, 5) is 0. The van der Waals surface area contributed by atoms with E-state index in [1.165, 1.54) is 11.1 Å². The highest BCUT2D eigenvalue weighted by Crippen LogP contribution is 2.29. The fourth-order valence-electron chi connectivity index (χ4n) is 2.38. The van der Waals surface area contributed by atoms with Gasteiger partial charge >= 0.3 is 0 Å². The minimum Gasteiger partial charge on any atom is -0.496 e. The zero-order valence-corrected chi connectivity index (χ0v) is 13.4. The Balaban J connectivity index is 2.26. The van der Waals surface area contributed by atoms with Crippen molar-refractivity contribution in [1.82, 2.24) is 0 Å². The highest BCUT2D eigenvalue weighted by atomic mass is 16.5. The van der Waals surface area contributed by atoms with Crippen LogP contribution in [0.25, 0.3) is 0 Å². The van der Waals surface area contributed by atoms with Crippen LogP contribution in [0.3, 0.4) is 0 Å². The molecule has 3 nitrogen and oxygen atoms in total. The molecule has 3 heteroatoms. The SMILES string of the molecule is CNc1cccc(OC)c1COc1cc(C)c(C)cc1C. The lowest BCUT2D eigenvalue weighted by Gasteiger charge is -2.16. The van der Waals surface area contributed by atoms with Crippen molar-refractivity contribution < 1.29 is 9.47 Å². The number of rotatable bonds is 5. The molecule has 0 unspecified atom stereocenters. The van der Waals surface area contributed by atoms with E-state index >= 15 is 0 Å². The second kappa shape index (κ2) is 6.53. The third-order valence-corrected chi connectivity index (χ3v) is 3.79. The second-order valence-corrected chi connectivity index (χ2v) is 5.23. The van der Waals surface area contributed by atoms with Crippen LogP contribution in [0, 0.1) is 20.8 Å². The van der Waals surface area contributed by atoms with Gasteiger partial charge in [0.1, 0.15) is 18.1 Å². The van der Waals surface area contributed by atoms with E-state index < -0.39 is 0 Å². The summed E-state index contributed by atoms with van der Waals surface area (Å²) in [7, 11) is 3.58. The highest BCUT2D eigenvalue weighted by molar-refractivity contribution is 5.57. The number of hydrogen-bond acceptors (Lipinski definition) is 3. The summed E-state index contributed by atoms with van der Waals surface area (Å²) < 4.78 is 11.5. The van der Waals surface area contributed by atoms with Crippen molar-refractivity contribution in [3.05, 3.63) is 52.6 Å². The standard InChI is InChI=1S/C18H23NO2/c1-12-9-14(3)18(10-13(12)2)21-11-15-16(19-4)7-6-8-17(15)20-5/h6-10,19H,11H2,1-5H3. The van der Waals surface area contributed by atoms with Crippen LogP contribution in [0.15, 0.2) is 30.3 Å². The maximum absolute atomic E-state index is 6.02. The molecule has 0 aromatic heterocycles. The van der Waals surface area contributed by atoms with Crippen molar-refractivity contribution in [2.45, 2.75) is 27.4 Å². The Bertz CT molecular complexity index is 613. The van der Waals surface area contributed by atoms with Gasteiger partial charge in [-0.05, 0) is 55.7 Å². The first-order valence-corrected chi connectivity index (χ1v) is 7.11. The molecular weight excluding hydrogens is 262 g/mol. The summed E-state index contributed by atoms with van der Waals surface area (Å²) in [6.07, 6.45) is 0. The molecule has 0 aliphatic carbocycles. The number of hydrogen-bond donors (Lipinski definition) is 1. The molecule has 21 heavy (non-hydrogen) atoms. The van der Waals surface area contributed by atoms with Gasteiger partial charge < -0.3 is 14.8 Å². The quantitative estimate of drug-likeness (QED) is 0.891. The molecule has 0 atom stereocenters. The Morgan fingerprint density at radius 1 is 0.952 bits per heavy atom. The van der Waals surface area contributed by atoms with Gasteiger partial charge in [-0.15, -0.1) is 0 Å². The Morgan fingerprint density at radius 2 is 1.67 bits per heavy atom. The maximum Gasteiger partial charge on any atom is 0.127 e. The summed E-state index contributed by atoms with van der Waals surface area (Å²) in [6.45, 7) is 6.77. The van der Waals surface area contributed by atoms with Crippen LogP contribution in [-0.4, -0.2) is 14.2 Å². The minimum atomic E-state index is 0.476. The summed E-state index contributed by atoms with van der Waals surface area (Å²) in [5.74, 6) is 1.76. The first-order valence-electron chi connectivity index (χ1n) is 7.11. The first kappa shape index (κ1) is 15.2. The van der Waals surface area contributed by atoms with Gasteiger partial charge in [-0.25, -0.2) is 0 Å². The van der Waals surface area contributed by atoms with Gasteiger partial charge in [0.05, 0.1) is 12.7 Å². The van der Waals surface area contributed by atoms with Crippen molar-refractivity contribution in [3.8, 4) is 11.5 Å². The van der Waals surface area contributed by atoms with Gasteiger partial charge in [0.25, 0.3) is 0 Å². The molecular formula is C18H23NO2. The van der Waals surface area contributed by atoms with E-state index in [4.69, 9.17) is 9.47 Å². The maximum atomic E-state index is 6.02. The molecule has 0 aliphatic heterocycles. The van der Waals surface area contributed by atoms with Crippen LogP contribution >= 0.6 is 0 Å². The van der Waals surface area contributed by atoms with E-state index in [9.17, 15) is 0 Å². The second-order valence-electron chi connectivity index (χ2n) is 5.23. The average Bonchev–Trinajstić information content (AvgIpc) is 2.49. The summed E-state index contributed by atoms with van der Waals surface area (Å²) in [5, 5.41) is 3.18. The van der Waals surface area contributed by atoms with E-state index in [-0.39, 0.29) is 0 Å². The minimum absolute atomic E-state index is 0.476. The van der Waals surface area contributed by atoms with Crippen molar-refractivity contribution in [2.24, 2.45) is 0 Å². The monoisotopic (exact) mass is 285 g/mol. The van der Waals surface area contributed by atoms with Crippen LogP contribution in [-0.2, 0) is 6.61 Å². The summed E-state index contributed by atoms with van der Waals surface area (Å²) in [5.41, 5.74) is 5.73. The number of benzene rings is 2. The van der Waals surface area contributed by atoms with Crippen molar-refractivity contribution in [3.63, 3.8) is 0 Å². The normalized spacial score (nSPS) is 10.3. The molecule has 1 N–H and O–H groups in total. The third kappa shape index (κ3) is 3.30.